The van der Waals surface area contributed by atoms with E-state index in [4.69, 9.17) is 5.11 Å². The summed E-state index contributed by atoms with van der Waals surface area (Å²) in [6, 6.07) is 0.648. The van der Waals surface area contributed by atoms with Gasteiger partial charge in [-0.05, 0) is 37.0 Å². The molecule has 0 aromatic heterocycles. The lowest BCUT2D eigenvalue weighted by atomic mass is 9.77. The van der Waals surface area contributed by atoms with E-state index in [1.165, 1.54) is 19.3 Å². The molecule has 3 rings (SSSR count). The van der Waals surface area contributed by atoms with E-state index in [0.717, 1.165) is 24.3 Å². The van der Waals surface area contributed by atoms with Crippen molar-refractivity contribution in [2.45, 2.75) is 25.3 Å². The Morgan fingerprint density at radius 3 is 2.71 bits per heavy atom. The molecule has 80 valence electrons. The standard InChI is InChI=1S/C10H15NO2.ClH/c12-9(13)5-11-4-8-6-1-2-7(3-6)10(8)11;/h6-8,10H,1-5H2,(H,12,13);1H. The van der Waals surface area contributed by atoms with E-state index < -0.39 is 5.97 Å². The summed E-state index contributed by atoms with van der Waals surface area (Å²) < 4.78 is 0. The van der Waals surface area contributed by atoms with Crippen LogP contribution in [0.2, 0.25) is 0 Å². The van der Waals surface area contributed by atoms with E-state index in [2.05, 4.69) is 4.90 Å². The monoisotopic (exact) mass is 217 g/mol. The summed E-state index contributed by atoms with van der Waals surface area (Å²) in [5, 5.41) is 8.70. The van der Waals surface area contributed by atoms with Crippen molar-refractivity contribution < 1.29 is 9.90 Å². The molecule has 4 atom stereocenters. The molecule has 2 bridgehead atoms. The number of fused-ring (bicyclic) bond motifs is 5. The molecule has 3 aliphatic rings. The quantitative estimate of drug-likeness (QED) is 0.756. The summed E-state index contributed by atoms with van der Waals surface area (Å²) >= 11 is 0. The van der Waals surface area contributed by atoms with Crippen molar-refractivity contribution >= 4 is 18.4 Å². The van der Waals surface area contributed by atoms with Gasteiger partial charge in [-0.2, -0.15) is 0 Å². The van der Waals surface area contributed by atoms with Crippen LogP contribution >= 0.6 is 12.4 Å². The number of halogens is 1. The zero-order chi connectivity index (χ0) is 9.00. The van der Waals surface area contributed by atoms with Gasteiger partial charge in [-0.3, -0.25) is 9.69 Å². The topological polar surface area (TPSA) is 40.5 Å². The summed E-state index contributed by atoms with van der Waals surface area (Å²) in [5.74, 6) is 1.97. The van der Waals surface area contributed by atoms with Gasteiger partial charge >= 0.3 is 5.97 Å². The fourth-order valence-corrected chi connectivity index (χ4v) is 3.80. The van der Waals surface area contributed by atoms with Crippen molar-refractivity contribution in [2.24, 2.45) is 17.8 Å². The van der Waals surface area contributed by atoms with Crippen LogP contribution in [0, 0.1) is 17.8 Å². The molecule has 1 saturated heterocycles. The highest BCUT2D eigenvalue weighted by atomic mass is 35.5. The first-order valence-electron chi connectivity index (χ1n) is 5.21. The minimum Gasteiger partial charge on any atom is -0.480 e. The van der Waals surface area contributed by atoms with Gasteiger partial charge in [0.05, 0.1) is 6.54 Å². The highest BCUT2D eigenvalue weighted by Crippen LogP contribution is 2.55. The molecule has 3 nitrogen and oxygen atoms in total. The summed E-state index contributed by atoms with van der Waals surface area (Å²) in [5.41, 5.74) is 0. The summed E-state index contributed by atoms with van der Waals surface area (Å²) in [7, 11) is 0. The van der Waals surface area contributed by atoms with Gasteiger partial charge in [0, 0.05) is 12.6 Å². The molecule has 4 heteroatoms. The van der Waals surface area contributed by atoms with Crippen molar-refractivity contribution in [3.05, 3.63) is 0 Å². The van der Waals surface area contributed by atoms with E-state index in [1.807, 2.05) is 0 Å². The van der Waals surface area contributed by atoms with Crippen molar-refractivity contribution in [1.29, 1.82) is 0 Å². The predicted molar refractivity (Wildman–Crippen MR) is 54.6 cm³/mol. The zero-order valence-corrected chi connectivity index (χ0v) is 8.87. The third-order valence-corrected chi connectivity index (χ3v) is 4.25. The van der Waals surface area contributed by atoms with E-state index in [9.17, 15) is 4.79 Å². The van der Waals surface area contributed by atoms with Crippen molar-refractivity contribution in [3.8, 4) is 0 Å². The highest BCUT2D eigenvalue weighted by molar-refractivity contribution is 5.85. The van der Waals surface area contributed by atoms with Crippen molar-refractivity contribution in [3.63, 3.8) is 0 Å². The molecular formula is C10H16ClNO2. The maximum Gasteiger partial charge on any atom is 0.317 e. The Kier molecular flexibility index (Phi) is 2.48. The number of nitrogens with zero attached hydrogens (tertiary/aromatic N) is 1. The second-order valence-corrected chi connectivity index (χ2v) is 4.81. The maximum absolute atomic E-state index is 10.6. The van der Waals surface area contributed by atoms with Crippen LogP contribution in [0.1, 0.15) is 19.3 Å². The number of carboxylic acids is 1. The second-order valence-electron chi connectivity index (χ2n) is 4.81. The van der Waals surface area contributed by atoms with Crippen LogP contribution in [0.4, 0.5) is 0 Å². The summed E-state index contributed by atoms with van der Waals surface area (Å²) in [6.45, 7) is 1.32. The fourth-order valence-electron chi connectivity index (χ4n) is 3.80. The first kappa shape index (κ1) is 10.2. The molecule has 0 aromatic rings. The molecule has 0 aromatic carbocycles. The van der Waals surface area contributed by atoms with Gasteiger partial charge < -0.3 is 5.11 Å². The van der Waals surface area contributed by atoms with Gasteiger partial charge in [0.2, 0.25) is 0 Å². The lowest BCUT2D eigenvalue weighted by Crippen LogP contribution is -2.59. The lowest BCUT2D eigenvalue weighted by molar-refractivity contribution is -0.143. The van der Waals surface area contributed by atoms with Crippen molar-refractivity contribution in [1.82, 2.24) is 4.90 Å². The zero-order valence-electron chi connectivity index (χ0n) is 8.06. The Hall–Kier alpha value is -0.280. The fraction of sp³-hybridized carbons (Fsp3) is 0.900. The first-order chi connectivity index (χ1) is 6.25. The number of hydrogen-bond acceptors (Lipinski definition) is 2. The van der Waals surface area contributed by atoms with Crippen molar-refractivity contribution in [2.75, 3.05) is 13.1 Å². The van der Waals surface area contributed by atoms with Crippen LogP contribution in [0.3, 0.4) is 0 Å². The van der Waals surface area contributed by atoms with Crippen LogP contribution in [-0.4, -0.2) is 35.1 Å². The number of hydrogen-bond donors (Lipinski definition) is 1. The largest absolute Gasteiger partial charge is 0.480 e. The van der Waals surface area contributed by atoms with Gasteiger partial charge in [0.25, 0.3) is 0 Å². The average molecular weight is 218 g/mol. The molecule has 0 radical (unpaired) electrons. The third kappa shape index (κ3) is 1.26. The third-order valence-electron chi connectivity index (χ3n) is 4.25. The van der Waals surface area contributed by atoms with Gasteiger partial charge in [-0.1, -0.05) is 0 Å². The predicted octanol–water partition coefficient (Wildman–Crippen LogP) is 1.22. The molecule has 4 unspecified atom stereocenters. The normalized spacial score (nSPS) is 44.0. The number of likely N-dealkylation sites (tertiary alicyclic amines) is 1. The maximum atomic E-state index is 10.6. The Balaban J connectivity index is 0.000000750. The molecule has 3 fully saturated rings. The SMILES string of the molecule is Cl.O=C(O)CN1CC2C3CCC(C3)C21. The molecule has 1 heterocycles. The smallest absolute Gasteiger partial charge is 0.317 e. The van der Waals surface area contributed by atoms with Gasteiger partial charge in [-0.25, -0.2) is 0 Å². The van der Waals surface area contributed by atoms with Gasteiger partial charge in [-0.15, -0.1) is 12.4 Å². The highest BCUT2D eigenvalue weighted by Gasteiger charge is 2.56. The van der Waals surface area contributed by atoms with Gasteiger partial charge in [0.1, 0.15) is 0 Å². The molecule has 14 heavy (non-hydrogen) atoms. The molecule has 1 N–H and O–H groups in total. The van der Waals surface area contributed by atoms with Gasteiger partial charge in [0.15, 0.2) is 0 Å². The van der Waals surface area contributed by atoms with Crippen LogP contribution in [0.25, 0.3) is 0 Å². The van der Waals surface area contributed by atoms with E-state index >= 15 is 0 Å². The van der Waals surface area contributed by atoms with Crippen LogP contribution < -0.4 is 0 Å². The summed E-state index contributed by atoms with van der Waals surface area (Å²) in [4.78, 5) is 12.7. The Morgan fingerprint density at radius 2 is 2.07 bits per heavy atom. The molecule has 1 aliphatic heterocycles. The molecule has 2 aliphatic carbocycles. The molecular weight excluding hydrogens is 202 g/mol. The second kappa shape index (κ2) is 3.38. The lowest BCUT2D eigenvalue weighted by Gasteiger charge is -2.50. The first-order valence-corrected chi connectivity index (χ1v) is 5.21. The molecule has 2 saturated carbocycles. The Bertz CT molecular complexity index is 257. The molecule has 0 spiro atoms. The Labute approximate surface area is 89.9 Å². The van der Waals surface area contributed by atoms with E-state index in [1.54, 1.807) is 0 Å². The average Bonchev–Trinajstić information content (AvgIpc) is 2.54. The number of rotatable bonds is 2. The minimum absolute atomic E-state index is 0. The number of carbonyl (C=O) groups is 1. The van der Waals surface area contributed by atoms with E-state index in [0.29, 0.717) is 6.04 Å². The number of aliphatic carboxylic acids is 1. The van der Waals surface area contributed by atoms with Crippen LogP contribution in [0.5, 0.6) is 0 Å². The summed E-state index contributed by atoms with van der Waals surface area (Å²) in [6.07, 6.45) is 4.14. The molecule has 0 amide bonds. The minimum atomic E-state index is -0.666. The van der Waals surface area contributed by atoms with Crippen LogP contribution in [-0.2, 0) is 4.79 Å². The van der Waals surface area contributed by atoms with Crippen LogP contribution in [0.15, 0.2) is 0 Å². The number of carboxylic acid groups (broad SMARTS) is 1. The Morgan fingerprint density at radius 1 is 1.36 bits per heavy atom. The van der Waals surface area contributed by atoms with E-state index in [-0.39, 0.29) is 19.0 Å².